The molecule has 0 spiro atoms. The number of anilines is 2. The largest absolute Gasteiger partial charge is 0.492 e. The first-order valence-electron chi connectivity index (χ1n) is 9.47. The van der Waals surface area contributed by atoms with E-state index < -0.39 is 0 Å². The van der Waals surface area contributed by atoms with Crippen molar-refractivity contribution in [2.45, 2.75) is 32.1 Å². The van der Waals surface area contributed by atoms with Gasteiger partial charge in [0.2, 0.25) is 11.7 Å². The molecule has 4 rings (SSSR count). The van der Waals surface area contributed by atoms with Crippen LogP contribution in [0.25, 0.3) is 11.4 Å². The summed E-state index contributed by atoms with van der Waals surface area (Å²) in [6, 6.07) is 14.3. The van der Waals surface area contributed by atoms with Crippen LogP contribution in [-0.4, -0.2) is 22.8 Å². The van der Waals surface area contributed by atoms with E-state index in [4.69, 9.17) is 9.26 Å². The van der Waals surface area contributed by atoms with Crippen molar-refractivity contribution >= 4 is 17.4 Å². The van der Waals surface area contributed by atoms with Crippen molar-refractivity contribution in [2.24, 2.45) is 0 Å². The lowest BCUT2D eigenvalue weighted by Gasteiger charge is -2.20. The van der Waals surface area contributed by atoms with E-state index in [0.29, 0.717) is 41.4 Å². The van der Waals surface area contributed by atoms with Crippen molar-refractivity contribution in [1.29, 1.82) is 0 Å². The van der Waals surface area contributed by atoms with Gasteiger partial charge in [-0.1, -0.05) is 35.8 Å². The Morgan fingerprint density at radius 2 is 2.04 bits per heavy atom. The Bertz CT molecular complexity index is 966. The minimum Gasteiger partial charge on any atom is -0.492 e. The summed E-state index contributed by atoms with van der Waals surface area (Å²) in [5.74, 6) is 2.25. The standard InChI is InChI=1S/C21H22N4O3/c1-2-27-18-12-4-3-11-17(18)23-21(26)22-16-10-6-9-15(13-16)19-24-20(28-25-19)14-7-5-8-14/h3-4,6,9-14H,2,5,7-8H2,1H3,(H2,22,23,26). The smallest absolute Gasteiger partial charge is 0.323 e. The highest BCUT2D eigenvalue weighted by atomic mass is 16.5. The van der Waals surface area contributed by atoms with Gasteiger partial charge in [-0.05, 0) is 44.0 Å². The molecule has 0 unspecified atom stereocenters. The van der Waals surface area contributed by atoms with Crippen LogP contribution in [-0.2, 0) is 0 Å². The normalized spacial score (nSPS) is 13.6. The summed E-state index contributed by atoms with van der Waals surface area (Å²) in [6.07, 6.45) is 3.42. The molecule has 1 aliphatic carbocycles. The van der Waals surface area contributed by atoms with E-state index in [0.717, 1.165) is 18.4 Å². The molecule has 1 aliphatic rings. The number of nitrogens with one attached hydrogen (secondary N) is 2. The molecule has 2 amide bonds. The summed E-state index contributed by atoms with van der Waals surface area (Å²) in [4.78, 5) is 16.9. The van der Waals surface area contributed by atoms with Gasteiger partial charge in [-0.25, -0.2) is 4.79 Å². The second-order valence-corrected chi connectivity index (χ2v) is 6.67. The summed E-state index contributed by atoms with van der Waals surface area (Å²) >= 11 is 0. The average Bonchev–Trinajstić information content (AvgIpc) is 3.12. The lowest BCUT2D eigenvalue weighted by atomic mass is 9.85. The van der Waals surface area contributed by atoms with Gasteiger partial charge in [0, 0.05) is 17.2 Å². The van der Waals surface area contributed by atoms with Crippen LogP contribution in [0.4, 0.5) is 16.2 Å². The van der Waals surface area contributed by atoms with Crippen LogP contribution in [0, 0.1) is 0 Å². The van der Waals surface area contributed by atoms with Gasteiger partial charge in [0.05, 0.1) is 12.3 Å². The van der Waals surface area contributed by atoms with Gasteiger partial charge >= 0.3 is 6.03 Å². The highest BCUT2D eigenvalue weighted by Crippen LogP contribution is 2.36. The second-order valence-electron chi connectivity index (χ2n) is 6.67. The van der Waals surface area contributed by atoms with Crippen LogP contribution < -0.4 is 15.4 Å². The van der Waals surface area contributed by atoms with Gasteiger partial charge < -0.3 is 19.9 Å². The Morgan fingerprint density at radius 3 is 2.82 bits per heavy atom. The van der Waals surface area contributed by atoms with Gasteiger partial charge in [0.15, 0.2) is 0 Å². The fraction of sp³-hybridized carbons (Fsp3) is 0.286. The Labute approximate surface area is 163 Å². The van der Waals surface area contributed by atoms with Crippen molar-refractivity contribution in [2.75, 3.05) is 17.2 Å². The van der Waals surface area contributed by atoms with Crippen LogP contribution in [0.3, 0.4) is 0 Å². The van der Waals surface area contributed by atoms with Crippen LogP contribution in [0.5, 0.6) is 5.75 Å². The monoisotopic (exact) mass is 378 g/mol. The molecule has 2 aromatic carbocycles. The number of para-hydroxylation sites is 2. The van der Waals surface area contributed by atoms with Crippen LogP contribution in [0.1, 0.15) is 38.0 Å². The highest BCUT2D eigenvalue weighted by molar-refractivity contribution is 6.00. The van der Waals surface area contributed by atoms with E-state index in [1.807, 2.05) is 49.4 Å². The maximum atomic E-state index is 12.4. The summed E-state index contributed by atoms with van der Waals surface area (Å²) in [6.45, 7) is 2.42. The molecule has 1 saturated carbocycles. The van der Waals surface area contributed by atoms with Gasteiger partial charge in [0.1, 0.15) is 5.75 Å². The average molecular weight is 378 g/mol. The first kappa shape index (κ1) is 18.0. The van der Waals surface area contributed by atoms with Crippen LogP contribution in [0.2, 0.25) is 0 Å². The fourth-order valence-electron chi connectivity index (χ4n) is 3.05. The lowest BCUT2D eigenvalue weighted by Crippen LogP contribution is -2.19. The van der Waals surface area contributed by atoms with E-state index in [-0.39, 0.29) is 6.03 Å². The molecule has 0 saturated heterocycles. The van der Waals surface area contributed by atoms with Crippen molar-refractivity contribution in [3.8, 4) is 17.1 Å². The molecule has 0 aliphatic heterocycles. The van der Waals surface area contributed by atoms with Crippen molar-refractivity contribution in [1.82, 2.24) is 10.1 Å². The van der Waals surface area contributed by atoms with Crippen molar-refractivity contribution in [3.05, 3.63) is 54.4 Å². The Balaban J connectivity index is 1.44. The molecule has 1 heterocycles. The summed E-state index contributed by atoms with van der Waals surface area (Å²) in [5.41, 5.74) is 2.04. The predicted molar refractivity (Wildman–Crippen MR) is 107 cm³/mol. The van der Waals surface area contributed by atoms with Crippen LogP contribution in [0.15, 0.2) is 53.1 Å². The summed E-state index contributed by atoms with van der Waals surface area (Å²) in [5, 5.41) is 9.72. The molecule has 28 heavy (non-hydrogen) atoms. The lowest BCUT2D eigenvalue weighted by molar-refractivity contribution is 0.262. The number of aromatic nitrogens is 2. The van der Waals surface area contributed by atoms with E-state index >= 15 is 0 Å². The molecule has 7 heteroatoms. The molecule has 0 bridgehead atoms. The molecular weight excluding hydrogens is 356 g/mol. The number of ether oxygens (including phenoxy) is 1. The van der Waals surface area contributed by atoms with Gasteiger partial charge in [-0.2, -0.15) is 4.98 Å². The fourth-order valence-corrected chi connectivity index (χ4v) is 3.05. The van der Waals surface area contributed by atoms with E-state index in [1.54, 1.807) is 6.07 Å². The van der Waals surface area contributed by atoms with E-state index in [2.05, 4.69) is 20.8 Å². The molecule has 1 aromatic heterocycles. The highest BCUT2D eigenvalue weighted by Gasteiger charge is 2.25. The number of amides is 2. The first-order valence-corrected chi connectivity index (χ1v) is 9.47. The SMILES string of the molecule is CCOc1ccccc1NC(=O)Nc1cccc(-c2noc(C3CCC3)n2)c1. The van der Waals surface area contributed by atoms with Gasteiger partial charge in [-0.3, -0.25) is 0 Å². The third-order valence-corrected chi connectivity index (χ3v) is 4.71. The predicted octanol–water partition coefficient (Wildman–Crippen LogP) is 5.05. The maximum absolute atomic E-state index is 12.4. The van der Waals surface area contributed by atoms with E-state index in [9.17, 15) is 4.79 Å². The minimum absolute atomic E-state index is 0.354. The van der Waals surface area contributed by atoms with E-state index in [1.165, 1.54) is 6.42 Å². The summed E-state index contributed by atoms with van der Waals surface area (Å²) < 4.78 is 10.9. The molecule has 1 fully saturated rings. The molecule has 144 valence electrons. The maximum Gasteiger partial charge on any atom is 0.323 e. The number of hydrogen-bond acceptors (Lipinski definition) is 5. The van der Waals surface area contributed by atoms with Gasteiger partial charge in [-0.15, -0.1) is 0 Å². The third-order valence-electron chi connectivity index (χ3n) is 4.71. The molecular formula is C21H22N4O3. The Kier molecular flexibility index (Phi) is 5.23. The number of benzene rings is 2. The number of carbonyl (C=O) groups excluding carboxylic acids is 1. The number of carbonyl (C=O) groups is 1. The zero-order valence-corrected chi connectivity index (χ0v) is 15.6. The van der Waals surface area contributed by atoms with Crippen LogP contribution >= 0.6 is 0 Å². The van der Waals surface area contributed by atoms with Gasteiger partial charge in [0.25, 0.3) is 0 Å². The first-order chi connectivity index (χ1) is 13.7. The number of nitrogens with zero attached hydrogens (tertiary/aromatic N) is 2. The number of hydrogen-bond donors (Lipinski definition) is 2. The molecule has 2 N–H and O–H groups in total. The van der Waals surface area contributed by atoms with Crippen molar-refractivity contribution in [3.63, 3.8) is 0 Å². The topological polar surface area (TPSA) is 89.3 Å². The molecule has 3 aromatic rings. The number of urea groups is 1. The molecule has 0 radical (unpaired) electrons. The quantitative estimate of drug-likeness (QED) is 0.627. The third kappa shape index (κ3) is 3.98. The van der Waals surface area contributed by atoms with Crippen molar-refractivity contribution < 1.29 is 14.1 Å². The molecule has 0 atom stereocenters. The Hall–Kier alpha value is -3.35. The zero-order chi connectivity index (χ0) is 19.3. The number of rotatable bonds is 6. The molecule has 7 nitrogen and oxygen atoms in total. The Morgan fingerprint density at radius 1 is 1.18 bits per heavy atom. The summed E-state index contributed by atoms with van der Waals surface area (Å²) in [7, 11) is 0. The second kappa shape index (κ2) is 8.12. The zero-order valence-electron chi connectivity index (χ0n) is 15.6. The minimum atomic E-state index is -0.354.